The molecule has 48 heavy (non-hydrogen) atoms. The maximum atomic E-state index is 13.5. The number of carbonyl (C=O) groups excluding carboxylic acids is 2. The van der Waals surface area contributed by atoms with Gasteiger partial charge in [-0.05, 0) is 98.2 Å². The Bertz CT molecular complexity index is 1490. The van der Waals surface area contributed by atoms with Crippen molar-refractivity contribution in [3.63, 3.8) is 0 Å². The molecule has 2 aliphatic heterocycles. The first kappa shape index (κ1) is 35.4. The summed E-state index contributed by atoms with van der Waals surface area (Å²) in [6, 6.07) is 22.7. The van der Waals surface area contributed by atoms with E-state index in [2.05, 4.69) is 37.1 Å². The molecule has 1 saturated heterocycles. The molecule has 1 unspecified atom stereocenters. The molecule has 258 valence electrons. The van der Waals surface area contributed by atoms with Gasteiger partial charge in [0.1, 0.15) is 12.4 Å². The highest BCUT2D eigenvalue weighted by atomic mass is 16.6. The minimum Gasteiger partial charge on any atom is -0.491 e. The van der Waals surface area contributed by atoms with E-state index in [0.29, 0.717) is 38.6 Å². The summed E-state index contributed by atoms with van der Waals surface area (Å²) in [5.74, 6) is 0.369. The molecule has 2 heterocycles. The maximum absolute atomic E-state index is 13.5. The highest BCUT2D eigenvalue weighted by molar-refractivity contribution is 5.93. The number of rotatable bonds is 14. The van der Waals surface area contributed by atoms with Gasteiger partial charge in [0.15, 0.2) is 0 Å². The molecule has 0 spiro atoms. The Kier molecular flexibility index (Phi) is 12.5. The van der Waals surface area contributed by atoms with Crippen molar-refractivity contribution in [2.45, 2.75) is 70.4 Å². The Morgan fingerprint density at radius 3 is 2.38 bits per heavy atom. The van der Waals surface area contributed by atoms with E-state index in [1.807, 2.05) is 48.5 Å². The van der Waals surface area contributed by atoms with Gasteiger partial charge in [-0.3, -0.25) is 14.6 Å². The molecule has 1 atom stereocenters. The topological polar surface area (TPSA) is 104 Å². The van der Waals surface area contributed by atoms with Gasteiger partial charge < -0.3 is 24.7 Å². The number of anilines is 1. The third-order valence-corrected chi connectivity index (χ3v) is 9.66. The Morgan fingerprint density at radius 1 is 0.958 bits per heavy atom. The second kappa shape index (κ2) is 17.0. The number of primary amides is 1. The molecule has 2 aliphatic rings. The molecule has 0 saturated carbocycles. The summed E-state index contributed by atoms with van der Waals surface area (Å²) >= 11 is 0. The minimum atomic E-state index is -1.00. The predicted octanol–water partition coefficient (Wildman–Crippen LogP) is 6.49. The van der Waals surface area contributed by atoms with Gasteiger partial charge in [-0.15, -0.1) is 0 Å². The lowest BCUT2D eigenvalue weighted by Gasteiger charge is -2.32. The summed E-state index contributed by atoms with van der Waals surface area (Å²) in [7, 11) is 2.16. The van der Waals surface area contributed by atoms with Gasteiger partial charge in [0.25, 0.3) is 0 Å². The van der Waals surface area contributed by atoms with Crippen LogP contribution in [0, 0.1) is 0 Å². The Labute approximate surface area is 285 Å². The summed E-state index contributed by atoms with van der Waals surface area (Å²) in [5, 5.41) is 0. The Morgan fingerprint density at radius 2 is 1.69 bits per heavy atom. The lowest BCUT2D eigenvalue weighted by Crippen LogP contribution is -2.44. The first-order valence-electron chi connectivity index (χ1n) is 17.4. The van der Waals surface area contributed by atoms with Gasteiger partial charge in [-0.2, -0.15) is 0 Å². The van der Waals surface area contributed by atoms with Gasteiger partial charge >= 0.3 is 6.09 Å². The van der Waals surface area contributed by atoms with Crippen molar-refractivity contribution in [2.75, 3.05) is 58.1 Å². The fourth-order valence-corrected chi connectivity index (χ4v) is 6.78. The highest BCUT2D eigenvalue weighted by Crippen LogP contribution is 2.41. The average molecular weight is 658 g/mol. The summed E-state index contributed by atoms with van der Waals surface area (Å²) < 4.78 is 22.5. The predicted molar refractivity (Wildman–Crippen MR) is 188 cm³/mol. The van der Waals surface area contributed by atoms with Crippen LogP contribution in [0.1, 0.15) is 62.6 Å². The molecule has 9 nitrogen and oxygen atoms in total. The zero-order valence-electron chi connectivity index (χ0n) is 28.7. The largest absolute Gasteiger partial charge is 0.491 e. The van der Waals surface area contributed by atoms with Crippen molar-refractivity contribution in [3.05, 3.63) is 83.4 Å². The zero-order valence-corrected chi connectivity index (χ0v) is 28.7. The van der Waals surface area contributed by atoms with Crippen LogP contribution in [0.5, 0.6) is 5.75 Å². The standard InChI is InChI=1S/C39H51N3O6/c1-4-6-21-45-24-25-48-35-14-9-30(10-15-35)31-11-16-36-32(26-31)27-39(37(40)43,19-20-42(36)38(44)47-5-2)33-12-7-29(8-13-33)28-41(3)34-17-22-46-23-18-34/h7-16,26,34H,4-6,17-25,27-28H2,1-3H3,(H2,40,43). The van der Waals surface area contributed by atoms with E-state index in [1.54, 1.807) is 11.8 Å². The van der Waals surface area contributed by atoms with Gasteiger partial charge in [0.05, 0.1) is 24.3 Å². The number of fused-ring (bicyclic) bond motifs is 1. The zero-order chi connectivity index (χ0) is 33.9. The van der Waals surface area contributed by atoms with Gasteiger partial charge in [0.2, 0.25) is 5.91 Å². The van der Waals surface area contributed by atoms with Crippen LogP contribution in [-0.2, 0) is 37.4 Å². The average Bonchev–Trinajstić information content (AvgIpc) is 3.28. The van der Waals surface area contributed by atoms with Crippen LogP contribution in [0.3, 0.4) is 0 Å². The molecule has 2 N–H and O–H groups in total. The van der Waals surface area contributed by atoms with E-state index >= 15 is 0 Å². The van der Waals surface area contributed by atoms with E-state index in [0.717, 1.165) is 85.7 Å². The SMILES string of the molecule is CCCCOCCOc1ccc(-c2ccc3c(c2)CC(C(N)=O)(c2ccc(CN(C)C4CCOCC4)cc2)CCN3C(=O)OCC)cc1. The third-order valence-electron chi connectivity index (χ3n) is 9.66. The number of hydrogen-bond donors (Lipinski definition) is 1. The lowest BCUT2D eigenvalue weighted by molar-refractivity contribution is -0.123. The normalized spacial score (nSPS) is 18.3. The summed E-state index contributed by atoms with van der Waals surface area (Å²) in [6.45, 7) is 8.71. The van der Waals surface area contributed by atoms with Crippen LogP contribution in [0.4, 0.5) is 10.5 Å². The van der Waals surface area contributed by atoms with E-state index in [4.69, 9.17) is 24.7 Å². The molecule has 0 bridgehead atoms. The number of carbonyl (C=O) groups is 2. The maximum Gasteiger partial charge on any atom is 0.414 e. The van der Waals surface area contributed by atoms with Crippen LogP contribution in [0.2, 0.25) is 0 Å². The molecule has 0 radical (unpaired) electrons. The molecule has 9 heteroatoms. The number of nitrogens with zero attached hydrogens (tertiary/aromatic N) is 2. The van der Waals surface area contributed by atoms with E-state index in [1.165, 1.54) is 5.56 Å². The van der Waals surface area contributed by atoms with E-state index in [9.17, 15) is 9.59 Å². The number of amides is 2. The molecule has 5 rings (SSSR count). The fraction of sp³-hybridized carbons (Fsp3) is 0.487. The van der Waals surface area contributed by atoms with Crippen LogP contribution in [0.15, 0.2) is 66.7 Å². The summed E-state index contributed by atoms with van der Waals surface area (Å²) in [6.07, 6.45) is 4.53. The van der Waals surface area contributed by atoms with Crippen LogP contribution in [-0.4, -0.2) is 76.2 Å². The lowest BCUT2D eigenvalue weighted by atomic mass is 9.72. The molecule has 3 aromatic rings. The fourth-order valence-electron chi connectivity index (χ4n) is 6.78. The molecule has 1 fully saturated rings. The number of benzene rings is 3. The first-order chi connectivity index (χ1) is 23.3. The summed E-state index contributed by atoms with van der Waals surface area (Å²) in [5.41, 5.74) is 10.9. The van der Waals surface area contributed by atoms with Crippen molar-refractivity contribution in [3.8, 4) is 16.9 Å². The minimum absolute atomic E-state index is 0.257. The van der Waals surface area contributed by atoms with Gasteiger partial charge in [-0.25, -0.2) is 4.79 Å². The van der Waals surface area contributed by atoms with Crippen molar-refractivity contribution in [1.29, 1.82) is 0 Å². The van der Waals surface area contributed by atoms with Crippen molar-refractivity contribution in [1.82, 2.24) is 4.90 Å². The monoisotopic (exact) mass is 657 g/mol. The molecule has 3 aromatic carbocycles. The first-order valence-corrected chi connectivity index (χ1v) is 17.4. The quantitative estimate of drug-likeness (QED) is 0.198. The second-order valence-electron chi connectivity index (χ2n) is 12.9. The van der Waals surface area contributed by atoms with E-state index in [-0.39, 0.29) is 6.61 Å². The van der Waals surface area contributed by atoms with E-state index < -0.39 is 17.4 Å². The molecule has 2 amide bonds. The van der Waals surface area contributed by atoms with Crippen molar-refractivity contribution in [2.24, 2.45) is 5.73 Å². The number of nitrogens with two attached hydrogens (primary N) is 1. The number of unbranched alkanes of at least 4 members (excludes halogenated alkanes) is 1. The third kappa shape index (κ3) is 8.56. The molecule has 0 aromatic heterocycles. The smallest absolute Gasteiger partial charge is 0.414 e. The molecule has 0 aliphatic carbocycles. The highest BCUT2D eigenvalue weighted by Gasteiger charge is 2.43. The van der Waals surface area contributed by atoms with Crippen LogP contribution in [0.25, 0.3) is 11.1 Å². The molecular formula is C39H51N3O6. The van der Waals surface area contributed by atoms with Crippen LogP contribution < -0.4 is 15.4 Å². The van der Waals surface area contributed by atoms with Gasteiger partial charge in [0, 0.05) is 39.0 Å². The Hall–Kier alpha value is -3.92. The second-order valence-corrected chi connectivity index (χ2v) is 12.9. The van der Waals surface area contributed by atoms with Gasteiger partial charge in [-0.1, -0.05) is 55.8 Å². The summed E-state index contributed by atoms with van der Waals surface area (Å²) in [4.78, 5) is 30.7. The van der Waals surface area contributed by atoms with Crippen molar-refractivity contribution < 1.29 is 28.5 Å². The number of ether oxygens (including phenoxy) is 4. The van der Waals surface area contributed by atoms with Crippen LogP contribution >= 0.6 is 0 Å². The van der Waals surface area contributed by atoms with Crippen molar-refractivity contribution >= 4 is 17.7 Å². The Balaban J connectivity index is 1.39. The molecular weight excluding hydrogens is 606 g/mol. The number of hydrogen-bond acceptors (Lipinski definition) is 7.